The predicted octanol–water partition coefficient (Wildman–Crippen LogP) is 2.68. The van der Waals surface area contributed by atoms with E-state index in [1.54, 1.807) is 18.0 Å². The SMILES string of the molecule is COc1cnn(C(C)C)c1C(=O)C(C)(C)C1CCCNC1. The van der Waals surface area contributed by atoms with Crippen LogP contribution in [0.5, 0.6) is 5.75 Å². The van der Waals surface area contributed by atoms with Gasteiger partial charge < -0.3 is 10.1 Å². The molecule has 1 atom stereocenters. The van der Waals surface area contributed by atoms with Gasteiger partial charge in [-0.25, -0.2) is 0 Å². The van der Waals surface area contributed by atoms with Crippen LogP contribution in [0.25, 0.3) is 0 Å². The lowest BCUT2D eigenvalue weighted by molar-refractivity contribution is 0.0690. The number of piperidine rings is 1. The van der Waals surface area contributed by atoms with E-state index in [2.05, 4.69) is 10.4 Å². The van der Waals surface area contributed by atoms with Crippen molar-refractivity contribution in [1.82, 2.24) is 15.1 Å². The Balaban J connectivity index is 2.36. The Labute approximate surface area is 127 Å². The van der Waals surface area contributed by atoms with Crippen molar-refractivity contribution in [1.29, 1.82) is 0 Å². The highest BCUT2D eigenvalue weighted by atomic mass is 16.5. The van der Waals surface area contributed by atoms with Gasteiger partial charge in [-0.05, 0) is 45.7 Å². The summed E-state index contributed by atoms with van der Waals surface area (Å²) in [6.07, 6.45) is 3.86. The lowest BCUT2D eigenvalue weighted by Gasteiger charge is -2.36. The number of carbonyl (C=O) groups is 1. The van der Waals surface area contributed by atoms with Gasteiger partial charge in [-0.3, -0.25) is 9.48 Å². The molecular weight excluding hydrogens is 266 g/mol. The molecule has 118 valence electrons. The third kappa shape index (κ3) is 2.98. The highest BCUT2D eigenvalue weighted by Gasteiger charge is 2.40. The molecule has 2 heterocycles. The first-order valence-electron chi connectivity index (χ1n) is 7.76. The second-order valence-electron chi connectivity index (χ2n) is 6.69. The molecule has 0 spiro atoms. The van der Waals surface area contributed by atoms with Gasteiger partial charge >= 0.3 is 0 Å². The third-order valence-corrected chi connectivity index (χ3v) is 4.59. The lowest BCUT2D eigenvalue weighted by Crippen LogP contribution is -2.43. The molecule has 2 rings (SSSR count). The van der Waals surface area contributed by atoms with E-state index >= 15 is 0 Å². The summed E-state index contributed by atoms with van der Waals surface area (Å²) in [7, 11) is 1.59. The molecule has 5 heteroatoms. The number of aromatic nitrogens is 2. The molecule has 0 bridgehead atoms. The minimum Gasteiger partial charge on any atom is -0.493 e. The van der Waals surface area contributed by atoms with Crippen LogP contribution in [0.3, 0.4) is 0 Å². The molecule has 0 radical (unpaired) electrons. The van der Waals surface area contributed by atoms with E-state index < -0.39 is 5.41 Å². The molecule has 1 unspecified atom stereocenters. The summed E-state index contributed by atoms with van der Waals surface area (Å²) >= 11 is 0. The average Bonchev–Trinajstić information content (AvgIpc) is 2.91. The summed E-state index contributed by atoms with van der Waals surface area (Å²) in [6, 6.07) is 0.133. The molecule has 1 aromatic heterocycles. The van der Waals surface area contributed by atoms with Gasteiger partial charge in [-0.15, -0.1) is 0 Å². The van der Waals surface area contributed by atoms with Crippen LogP contribution in [0.15, 0.2) is 6.20 Å². The van der Waals surface area contributed by atoms with E-state index in [0.29, 0.717) is 17.4 Å². The van der Waals surface area contributed by atoms with Crippen molar-refractivity contribution in [3.8, 4) is 5.75 Å². The molecule has 1 saturated heterocycles. The topological polar surface area (TPSA) is 56.2 Å². The molecule has 5 nitrogen and oxygen atoms in total. The van der Waals surface area contributed by atoms with Crippen LogP contribution in [-0.2, 0) is 0 Å². The normalized spacial score (nSPS) is 19.8. The number of hydrogen-bond acceptors (Lipinski definition) is 4. The first-order chi connectivity index (χ1) is 9.89. The first-order valence-corrected chi connectivity index (χ1v) is 7.76. The predicted molar refractivity (Wildman–Crippen MR) is 82.9 cm³/mol. The fourth-order valence-electron chi connectivity index (χ4n) is 3.06. The molecule has 0 aliphatic carbocycles. The molecule has 0 aromatic carbocycles. The molecular formula is C16H27N3O2. The van der Waals surface area contributed by atoms with E-state index in [4.69, 9.17) is 4.74 Å². The van der Waals surface area contributed by atoms with Crippen molar-refractivity contribution in [2.75, 3.05) is 20.2 Å². The molecule has 1 fully saturated rings. The summed E-state index contributed by atoms with van der Waals surface area (Å²) in [5, 5.41) is 7.72. The quantitative estimate of drug-likeness (QED) is 0.848. The molecule has 1 N–H and O–H groups in total. The molecule has 1 aromatic rings. The van der Waals surface area contributed by atoms with Gasteiger partial charge in [0.15, 0.2) is 11.5 Å². The Morgan fingerprint density at radius 1 is 1.52 bits per heavy atom. The zero-order valence-electron chi connectivity index (χ0n) is 13.8. The van der Waals surface area contributed by atoms with Crippen LogP contribution < -0.4 is 10.1 Å². The van der Waals surface area contributed by atoms with Crippen molar-refractivity contribution in [3.05, 3.63) is 11.9 Å². The van der Waals surface area contributed by atoms with Gasteiger partial charge in [0.05, 0.1) is 13.3 Å². The summed E-state index contributed by atoms with van der Waals surface area (Å²) in [4.78, 5) is 13.2. The first kappa shape index (κ1) is 16.0. The van der Waals surface area contributed by atoms with Crippen LogP contribution in [0.4, 0.5) is 0 Å². The number of Topliss-reactive ketones (excluding diaryl/α,β-unsaturated/α-hetero) is 1. The van der Waals surface area contributed by atoms with Gasteiger partial charge in [0, 0.05) is 11.5 Å². The molecule has 1 aliphatic heterocycles. The van der Waals surface area contributed by atoms with E-state index in [1.165, 1.54) is 0 Å². The number of carbonyl (C=O) groups excluding carboxylic acids is 1. The van der Waals surface area contributed by atoms with Crippen LogP contribution in [0.2, 0.25) is 0 Å². The Kier molecular flexibility index (Phi) is 4.71. The number of ether oxygens (including phenoxy) is 1. The average molecular weight is 293 g/mol. The van der Waals surface area contributed by atoms with Crippen molar-refractivity contribution in [2.45, 2.75) is 46.6 Å². The molecule has 0 saturated carbocycles. The Morgan fingerprint density at radius 2 is 2.24 bits per heavy atom. The van der Waals surface area contributed by atoms with Crippen LogP contribution in [0.1, 0.15) is 57.1 Å². The number of rotatable bonds is 5. The van der Waals surface area contributed by atoms with Crippen molar-refractivity contribution in [3.63, 3.8) is 0 Å². The van der Waals surface area contributed by atoms with E-state index in [9.17, 15) is 4.79 Å². The van der Waals surface area contributed by atoms with Gasteiger partial charge in [0.1, 0.15) is 5.69 Å². The monoisotopic (exact) mass is 293 g/mol. The summed E-state index contributed by atoms with van der Waals surface area (Å²) in [5.74, 6) is 1.05. The maximum absolute atomic E-state index is 13.2. The number of nitrogens with zero attached hydrogens (tertiary/aromatic N) is 2. The van der Waals surface area contributed by atoms with Crippen molar-refractivity contribution < 1.29 is 9.53 Å². The summed E-state index contributed by atoms with van der Waals surface area (Å²) < 4.78 is 7.14. The Morgan fingerprint density at radius 3 is 2.76 bits per heavy atom. The highest BCUT2D eigenvalue weighted by Crippen LogP contribution is 2.37. The highest BCUT2D eigenvalue weighted by molar-refractivity contribution is 6.01. The molecule has 1 aliphatic rings. The third-order valence-electron chi connectivity index (χ3n) is 4.59. The van der Waals surface area contributed by atoms with Crippen LogP contribution in [-0.4, -0.2) is 35.8 Å². The van der Waals surface area contributed by atoms with Crippen molar-refractivity contribution >= 4 is 5.78 Å². The minimum absolute atomic E-state index is 0.124. The van der Waals surface area contributed by atoms with Gasteiger partial charge in [-0.2, -0.15) is 5.10 Å². The fraction of sp³-hybridized carbons (Fsp3) is 0.750. The Bertz CT molecular complexity index is 500. The van der Waals surface area contributed by atoms with Crippen molar-refractivity contribution in [2.24, 2.45) is 11.3 Å². The lowest BCUT2D eigenvalue weighted by atomic mass is 9.71. The zero-order valence-corrected chi connectivity index (χ0v) is 13.8. The maximum atomic E-state index is 13.2. The van der Waals surface area contributed by atoms with Gasteiger partial charge in [0.2, 0.25) is 0 Å². The number of ketones is 1. The minimum atomic E-state index is -0.423. The zero-order chi connectivity index (χ0) is 15.6. The largest absolute Gasteiger partial charge is 0.493 e. The van der Waals surface area contributed by atoms with Gasteiger partial charge in [-0.1, -0.05) is 13.8 Å². The van der Waals surface area contributed by atoms with Gasteiger partial charge in [0.25, 0.3) is 0 Å². The van der Waals surface area contributed by atoms with Crippen LogP contribution >= 0.6 is 0 Å². The van der Waals surface area contributed by atoms with E-state index in [1.807, 2.05) is 27.7 Å². The number of methoxy groups -OCH3 is 1. The summed E-state index contributed by atoms with van der Waals surface area (Å²) in [6.45, 7) is 10.1. The van der Waals surface area contributed by atoms with E-state index in [-0.39, 0.29) is 11.8 Å². The summed E-state index contributed by atoms with van der Waals surface area (Å²) in [5.41, 5.74) is 0.177. The van der Waals surface area contributed by atoms with E-state index in [0.717, 1.165) is 25.9 Å². The van der Waals surface area contributed by atoms with Crippen LogP contribution in [0, 0.1) is 11.3 Å². The number of hydrogen-bond donors (Lipinski definition) is 1. The molecule has 21 heavy (non-hydrogen) atoms. The number of nitrogens with one attached hydrogen (secondary N) is 1. The second kappa shape index (κ2) is 6.18. The Hall–Kier alpha value is -1.36. The second-order valence-corrected chi connectivity index (χ2v) is 6.69. The smallest absolute Gasteiger partial charge is 0.190 e. The standard InChI is InChI=1S/C16H27N3O2/c1-11(2)19-14(13(21-5)10-18-19)15(20)16(3,4)12-7-6-8-17-9-12/h10-12,17H,6-9H2,1-5H3. The molecule has 0 amide bonds. The maximum Gasteiger partial charge on any atom is 0.190 e. The fourth-order valence-corrected chi connectivity index (χ4v) is 3.06.